The molecule has 0 heterocycles. The largest absolute Gasteiger partial charge is 0.483 e. The Kier molecular flexibility index (Phi) is 5.16. The summed E-state index contributed by atoms with van der Waals surface area (Å²) in [6, 6.07) is 0. The molecule has 0 spiro atoms. The molecule has 0 aromatic carbocycles. The Hall–Kier alpha value is 0.0283. The Morgan fingerprint density at radius 2 is 1.78 bits per heavy atom. The van der Waals surface area contributed by atoms with Gasteiger partial charge in [0.25, 0.3) is 0 Å². The quantitative estimate of drug-likeness (QED) is 0.496. The molecule has 0 unspecified atom stereocenters. The van der Waals surface area contributed by atoms with Gasteiger partial charge in [0, 0.05) is 21.1 Å². The first-order valence-electron chi connectivity index (χ1n) is 2.47. The first-order valence-corrected chi connectivity index (χ1v) is 2.47. The van der Waals surface area contributed by atoms with E-state index in [0.717, 1.165) is 0 Å². The summed E-state index contributed by atoms with van der Waals surface area (Å²) in [7, 11) is 0. The van der Waals surface area contributed by atoms with Crippen LogP contribution in [0.1, 0.15) is 20.8 Å². The van der Waals surface area contributed by atoms with Crippen molar-refractivity contribution in [1.29, 1.82) is 0 Å². The van der Waals surface area contributed by atoms with Crippen LogP contribution in [0.5, 0.6) is 0 Å². The Bertz CT molecular complexity index is 93.7. The van der Waals surface area contributed by atoms with E-state index in [0.29, 0.717) is 0 Å². The van der Waals surface area contributed by atoms with Crippen molar-refractivity contribution in [2.75, 3.05) is 0 Å². The van der Waals surface area contributed by atoms with E-state index >= 15 is 0 Å². The maximum Gasteiger partial charge on any atom is 0.165 e. The summed E-state index contributed by atoms with van der Waals surface area (Å²) in [5.74, 6) is -0.475. The van der Waals surface area contributed by atoms with Crippen molar-refractivity contribution in [2.45, 2.75) is 26.4 Å². The summed E-state index contributed by atoms with van der Waals surface area (Å²) in [6.45, 7) is 8.47. The fourth-order valence-electron chi connectivity index (χ4n) is 0.342. The van der Waals surface area contributed by atoms with Gasteiger partial charge in [0.1, 0.15) is 5.60 Å². The fraction of sp³-hybridized carbons (Fsp3) is 0.667. The molecular weight excluding hydrogens is 288 g/mol. The van der Waals surface area contributed by atoms with Crippen molar-refractivity contribution in [3.8, 4) is 0 Å². The van der Waals surface area contributed by atoms with Gasteiger partial charge in [0.2, 0.25) is 0 Å². The van der Waals surface area contributed by atoms with Crippen molar-refractivity contribution < 1.29 is 30.6 Å². The van der Waals surface area contributed by atoms with Crippen LogP contribution in [0.2, 0.25) is 0 Å². The van der Waals surface area contributed by atoms with Gasteiger partial charge in [-0.25, -0.2) is 0 Å². The van der Waals surface area contributed by atoms with Crippen LogP contribution in [-0.2, 0) is 30.6 Å². The minimum atomic E-state index is -0.475. The molecule has 0 aliphatic heterocycles. The molecule has 9 heavy (non-hydrogen) atoms. The third kappa shape index (κ3) is 11.5. The van der Waals surface area contributed by atoms with Crippen LogP contribution >= 0.6 is 0 Å². The van der Waals surface area contributed by atoms with E-state index in [1.165, 1.54) is 0 Å². The maximum atomic E-state index is 10.1. The zero-order valence-corrected chi connectivity index (χ0v) is 8.87. The maximum absolute atomic E-state index is 10.1. The number of esters is 1. The molecule has 0 atom stereocenters. The topological polar surface area (TPSA) is 26.3 Å². The summed E-state index contributed by atoms with van der Waals surface area (Å²) in [6.07, 6.45) is 0. The molecule has 0 saturated heterocycles. The molecular formula is C6H11O2W-. The monoisotopic (exact) mass is 299 g/mol. The van der Waals surface area contributed by atoms with Crippen LogP contribution < -0.4 is 0 Å². The van der Waals surface area contributed by atoms with E-state index < -0.39 is 11.6 Å². The van der Waals surface area contributed by atoms with Gasteiger partial charge in [0.05, 0.1) is 0 Å². The van der Waals surface area contributed by atoms with Gasteiger partial charge in [-0.3, -0.25) is 11.7 Å². The minimum Gasteiger partial charge on any atom is -0.483 e. The summed E-state index contributed by atoms with van der Waals surface area (Å²) in [4.78, 5) is 10.1. The van der Waals surface area contributed by atoms with Gasteiger partial charge >= 0.3 is 0 Å². The zero-order chi connectivity index (χ0) is 6.78. The third-order valence-electron chi connectivity index (χ3n) is 0.420. The molecule has 0 bridgehead atoms. The number of hydrogen-bond acceptors (Lipinski definition) is 2. The first-order chi connectivity index (χ1) is 3.42. The SMILES string of the molecule is [CH2-]C(=O)OC(C)(C)C.[W]. The van der Waals surface area contributed by atoms with Gasteiger partial charge in [-0.2, -0.15) is 0 Å². The normalized spacial score (nSPS) is 9.67. The van der Waals surface area contributed by atoms with Gasteiger partial charge < -0.3 is 4.74 Å². The minimum absolute atomic E-state index is 0. The van der Waals surface area contributed by atoms with Gasteiger partial charge in [0.15, 0.2) is 5.97 Å². The van der Waals surface area contributed by atoms with Crippen molar-refractivity contribution >= 4 is 5.97 Å². The number of rotatable bonds is 0. The Morgan fingerprint density at radius 3 is 1.78 bits per heavy atom. The standard InChI is InChI=1S/C6H11O2.W/c1-5(7)8-6(2,3)4;/h1H2,2-4H3;/q-1;. The summed E-state index contributed by atoms with van der Waals surface area (Å²) < 4.78 is 4.69. The van der Waals surface area contributed by atoms with Crippen molar-refractivity contribution in [1.82, 2.24) is 0 Å². The second kappa shape index (κ2) is 3.94. The first kappa shape index (κ1) is 11.8. The molecule has 0 amide bonds. The number of carbonyl (C=O) groups excluding carboxylic acids is 1. The molecule has 0 radical (unpaired) electrons. The van der Waals surface area contributed by atoms with Crippen LogP contribution in [0, 0.1) is 6.92 Å². The van der Waals surface area contributed by atoms with E-state index in [1.807, 2.05) is 0 Å². The van der Waals surface area contributed by atoms with Crippen LogP contribution in [0.4, 0.5) is 0 Å². The van der Waals surface area contributed by atoms with Gasteiger partial charge in [-0.15, -0.1) is 0 Å². The van der Waals surface area contributed by atoms with Crippen molar-refractivity contribution in [2.24, 2.45) is 0 Å². The number of carbonyl (C=O) groups is 1. The van der Waals surface area contributed by atoms with E-state index in [-0.39, 0.29) is 21.1 Å². The second-order valence-electron chi connectivity index (χ2n) is 2.59. The molecule has 0 fully saturated rings. The molecule has 0 N–H and O–H groups in total. The summed E-state index contributed by atoms with van der Waals surface area (Å²) in [5, 5.41) is 0. The Labute approximate surface area is 70.2 Å². The van der Waals surface area contributed by atoms with Crippen LogP contribution in [-0.4, -0.2) is 11.6 Å². The number of ether oxygens (including phenoxy) is 1. The van der Waals surface area contributed by atoms with Crippen LogP contribution in [0.15, 0.2) is 0 Å². The molecule has 0 saturated carbocycles. The summed E-state index contributed by atoms with van der Waals surface area (Å²) >= 11 is 0. The van der Waals surface area contributed by atoms with Crippen LogP contribution in [0.25, 0.3) is 0 Å². The van der Waals surface area contributed by atoms with Gasteiger partial charge in [-0.05, 0) is 20.8 Å². The molecule has 0 aromatic heterocycles. The molecule has 54 valence electrons. The van der Waals surface area contributed by atoms with E-state index in [1.54, 1.807) is 20.8 Å². The second-order valence-corrected chi connectivity index (χ2v) is 2.59. The average Bonchev–Trinajstić information content (AvgIpc) is 1.21. The Balaban J connectivity index is 0. The third-order valence-corrected chi connectivity index (χ3v) is 0.420. The predicted molar refractivity (Wildman–Crippen MR) is 31.2 cm³/mol. The van der Waals surface area contributed by atoms with E-state index in [9.17, 15) is 4.79 Å². The summed E-state index contributed by atoms with van der Waals surface area (Å²) in [5.41, 5.74) is -0.390. The fourth-order valence-corrected chi connectivity index (χ4v) is 0.342. The number of hydrogen-bond donors (Lipinski definition) is 0. The molecule has 0 aromatic rings. The average molecular weight is 299 g/mol. The smallest absolute Gasteiger partial charge is 0.165 e. The Morgan fingerprint density at radius 1 is 1.44 bits per heavy atom. The van der Waals surface area contributed by atoms with Crippen molar-refractivity contribution in [3.05, 3.63) is 6.92 Å². The van der Waals surface area contributed by atoms with E-state index in [4.69, 9.17) is 0 Å². The van der Waals surface area contributed by atoms with Gasteiger partial charge in [-0.1, -0.05) is 0 Å². The molecule has 0 aliphatic rings. The molecule has 0 aliphatic carbocycles. The zero-order valence-electron chi connectivity index (χ0n) is 5.93. The van der Waals surface area contributed by atoms with Crippen molar-refractivity contribution in [3.63, 3.8) is 0 Å². The molecule has 2 nitrogen and oxygen atoms in total. The van der Waals surface area contributed by atoms with E-state index in [2.05, 4.69) is 11.7 Å². The molecule has 3 heteroatoms. The molecule has 0 rings (SSSR count). The predicted octanol–water partition coefficient (Wildman–Crippen LogP) is 1.16. The van der Waals surface area contributed by atoms with Crippen LogP contribution in [0.3, 0.4) is 0 Å².